The molecule has 0 aliphatic carbocycles. The molecule has 5 unspecified atom stereocenters. The van der Waals surface area contributed by atoms with Gasteiger partial charge in [-0.15, -0.1) is 0 Å². The average Bonchev–Trinajstić information content (AvgIpc) is 2.73. The van der Waals surface area contributed by atoms with Gasteiger partial charge in [-0.2, -0.15) is 0 Å². The number of ether oxygens (including phenoxy) is 2. The molecule has 2 aromatic rings. The Morgan fingerprint density at radius 1 is 1.07 bits per heavy atom. The van der Waals surface area contributed by atoms with Crippen LogP contribution in [-0.4, -0.2) is 51.4 Å². The third kappa shape index (κ3) is 3.49. The van der Waals surface area contributed by atoms with E-state index in [1.807, 2.05) is 0 Å². The number of rotatable bonds is 4. The lowest BCUT2D eigenvalue weighted by atomic mass is 9.82. The summed E-state index contributed by atoms with van der Waals surface area (Å²) in [5.74, 6) is -2.00. The highest BCUT2D eigenvalue weighted by Gasteiger charge is 2.57. The van der Waals surface area contributed by atoms with Crippen LogP contribution in [-0.2, 0) is 34.7 Å². The van der Waals surface area contributed by atoms with Crippen molar-refractivity contribution in [1.29, 1.82) is 0 Å². The zero-order valence-corrected chi connectivity index (χ0v) is 16.8. The smallest absolute Gasteiger partial charge is 0.223 e. The SMILES string of the molecule is CCc1ccc(Cc2c(Cl)ccc3c2COC2C(O)C(O)C(CO)OC32O)cc1. The highest BCUT2D eigenvalue weighted by molar-refractivity contribution is 6.31. The Balaban J connectivity index is 1.74. The van der Waals surface area contributed by atoms with Gasteiger partial charge < -0.3 is 29.9 Å². The van der Waals surface area contributed by atoms with Gasteiger partial charge in [-0.05, 0) is 41.2 Å². The lowest BCUT2D eigenvalue weighted by molar-refractivity contribution is -0.373. The van der Waals surface area contributed by atoms with E-state index in [-0.39, 0.29) is 6.61 Å². The van der Waals surface area contributed by atoms with E-state index in [0.717, 1.165) is 17.5 Å². The molecule has 7 heteroatoms. The van der Waals surface area contributed by atoms with Gasteiger partial charge in [0.15, 0.2) is 0 Å². The molecule has 0 bridgehead atoms. The standard InChI is InChI=1S/C22H25ClO6/c1-2-12-3-5-13(6-4-12)9-14-15-11-28-21-20(26)19(25)18(10-24)29-22(21,27)16(15)7-8-17(14)23/h3-8,18-21,24-27H,2,9-11H2,1H3. The maximum absolute atomic E-state index is 11.3. The number of halogens is 1. The summed E-state index contributed by atoms with van der Waals surface area (Å²) in [4.78, 5) is 0. The van der Waals surface area contributed by atoms with Crippen LogP contribution in [0, 0.1) is 0 Å². The van der Waals surface area contributed by atoms with Crippen LogP contribution in [0.25, 0.3) is 0 Å². The van der Waals surface area contributed by atoms with Gasteiger partial charge in [-0.25, -0.2) is 0 Å². The molecule has 0 saturated carbocycles. The zero-order valence-electron chi connectivity index (χ0n) is 16.1. The van der Waals surface area contributed by atoms with E-state index in [4.69, 9.17) is 21.1 Å². The Morgan fingerprint density at radius 2 is 1.76 bits per heavy atom. The fraction of sp³-hybridized carbons (Fsp3) is 0.455. The van der Waals surface area contributed by atoms with Crippen molar-refractivity contribution in [2.24, 2.45) is 0 Å². The lowest BCUT2D eigenvalue weighted by Gasteiger charge is -2.50. The second kappa shape index (κ2) is 7.96. The number of fused-ring (bicyclic) bond motifs is 3. The number of aryl methyl sites for hydroxylation is 1. The predicted molar refractivity (Wildman–Crippen MR) is 107 cm³/mol. The summed E-state index contributed by atoms with van der Waals surface area (Å²) < 4.78 is 11.4. The number of hydrogen-bond acceptors (Lipinski definition) is 6. The number of hydrogen-bond donors (Lipinski definition) is 4. The van der Waals surface area contributed by atoms with Crippen LogP contribution in [0.3, 0.4) is 0 Å². The molecule has 5 atom stereocenters. The van der Waals surface area contributed by atoms with Crippen LogP contribution in [0.4, 0.5) is 0 Å². The molecule has 29 heavy (non-hydrogen) atoms. The van der Waals surface area contributed by atoms with Crippen LogP contribution in [0.5, 0.6) is 0 Å². The molecule has 4 N–H and O–H groups in total. The molecule has 2 aliphatic heterocycles. The van der Waals surface area contributed by atoms with Gasteiger partial charge in [0.25, 0.3) is 0 Å². The largest absolute Gasteiger partial charge is 0.394 e. The molecule has 0 spiro atoms. The van der Waals surface area contributed by atoms with E-state index in [1.54, 1.807) is 12.1 Å². The van der Waals surface area contributed by atoms with Crippen LogP contribution >= 0.6 is 11.6 Å². The topological polar surface area (TPSA) is 99.4 Å². The predicted octanol–water partition coefficient (Wildman–Crippen LogP) is 1.65. The highest BCUT2D eigenvalue weighted by atomic mass is 35.5. The molecule has 1 fully saturated rings. The number of benzene rings is 2. The first-order valence-electron chi connectivity index (χ1n) is 9.76. The molecule has 2 heterocycles. The van der Waals surface area contributed by atoms with E-state index in [9.17, 15) is 20.4 Å². The first-order valence-corrected chi connectivity index (χ1v) is 10.1. The molecule has 4 rings (SSSR count). The van der Waals surface area contributed by atoms with Crippen LogP contribution in [0.15, 0.2) is 36.4 Å². The monoisotopic (exact) mass is 420 g/mol. The molecule has 0 amide bonds. The van der Waals surface area contributed by atoms with Crippen LogP contribution < -0.4 is 0 Å². The summed E-state index contributed by atoms with van der Waals surface area (Å²) >= 11 is 6.49. The van der Waals surface area contributed by atoms with Gasteiger partial charge in [-0.1, -0.05) is 48.9 Å². The summed E-state index contributed by atoms with van der Waals surface area (Å²) in [6.07, 6.45) is -3.57. The maximum Gasteiger partial charge on any atom is 0.223 e. The van der Waals surface area contributed by atoms with Gasteiger partial charge in [-0.3, -0.25) is 0 Å². The third-order valence-corrected chi connectivity index (χ3v) is 6.27. The summed E-state index contributed by atoms with van der Waals surface area (Å²) in [5.41, 5.74) is 4.25. The molecule has 2 aromatic carbocycles. The van der Waals surface area contributed by atoms with Gasteiger partial charge >= 0.3 is 0 Å². The zero-order chi connectivity index (χ0) is 20.8. The van der Waals surface area contributed by atoms with Crippen molar-refractivity contribution in [2.45, 2.75) is 56.6 Å². The molecular weight excluding hydrogens is 396 g/mol. The van der Waals surface area contributed by atoms with Crippen molar-refractivity contribution >= 4 is 11.6 Å². The molecule has 156 valence electrons. The number of aliphatic hydroxyl groups is 4. The molecule has 1 saturated heterocycles. The fourth-order valence-corrected chi connectivity index (χ4v) is 4.44. The van der Waals surface area contributed by atoms with Crippen LogP contribution in [0.2, 0.25) is 5.02 Å². The van der Waals surface area contributed by atoms with Crippen LogP contribution in [0.1, 0.15) is 34.7 Å². The first-order chi connectivity index (χ1) is 13.9. The molecule has 0 aromatic heterocycles. The molecule has 0 radical (unpaired) electrons. The van der Waals surface area contributed by atoms with Crippen molar-refractivity contribution in [3.05, 3.63) is 69.2 Å². The van der Waals surface area contributed by atoms with E-state index in [0.29, 0.717) is 22.6 Å². The second-order valence-corrected chi connectivity index (χ2v) is 8.05. The highest BCUT2D eigenvalue weighted by Crippen LogP contribution is 2.45. The van der Waals surface area contributed by atoms with Gasteiger partial charge in [0.05, 0.1) is 13.2 Å². The van der Waals surface area contributed by atoms with Crippen molar-refractivity contribution in [3.8, 4) is 0 Å². The summed E-state index contributed by atoms with van der Waals surface area (Å²) in [6.45, 7) is 1.66. The molecular formula is C22H25ClO6. The Morgan fingerprint density at radius 3 is 2.41 bits per heavy atom. The minimum Gasteiger partial charge on any atom is -0.394 e. The van der Waals surface area contributed by atoms with E-state index in [1.165, 1.54) is 5.56 Å². The first kappa shape index (κ1) is 20.8. The minimum absolute atomic E-state index is 0.113. The summed E-state index contributed by atoms with van der Waals surface area (Å²) in [6, 6.07) is 11.6. The average molecular weight is 421 g/mol. The van der Waals surface area contributed by atoms with E-state index in [2.05, 4.69) is 31.2 Å². The Labute approximate surface area is 174 Å². The summed E-state index contributed by atoms with van der Waals surface area (Å²) in [5, 5.41) is 41.9. The van der Waals surface area contributed by atoms with Crippen molar-refractivity contribution < 1.29 is 29.9 Å². The molecule has 6 nitrogen and oxygen atoms in total. The third-order valence-electron chi connectivity index (χ3n) is 5.92. The number of aliphatic hydroxyl groups excluding tert-OH is 3. The fourth-order valence-electron chi connectivity index (χ4n) is 4.20. The van der Waals surface area contributed by atoms with Crippen molar-refractivity contribution in [1.82, 2.24) is 0 Å². The quantitative estimate of drug-likeness (QED) is 0.600. The second-order valence-electron chi connectivity index (χ2n) is 7.65. The Kier molecular flexibility index (Phi) is 5.70. The molecule has 2 aliphatic rings. The summed E-state index contributed by atoms with van der Waals surface area (Å²) in [7, 11) is 0. The Hall–Kier alpha value is -1.51. The van der Waals surface area contributed by atoms with Gasteiger partial charge in [0, 0.05) is 10.6 Å². The van der Waals surface area contributed by atoms with E-state index < -0.39 is 36.8 Å². The maximum atomic E-state index is 11.3. The normalized spacial score (nSPS) is 31.2. The lowest BCUT2D eigenvalue weighted by Crippen LogP contribution is -2.65. The van der Waals surface area contributed by atoms with Gasteiger partial charge in [0.1, 0.15) is 24.4 Å². The Bertz CT molecular complexity index is 886. The van der Waals surface area contributed by atoms with Crippen molar-refractivity contribution in [3.63, 3.8) is 0 Å². The minimum atomic E-state index is -2.00. The van der Waals surface area contributed by atoms with Crippen molar-refractivity contribution in [2.75, 3.05) is 6.61 Å². The van der Waals surface area contributed by atoms with Gasteiger partial charge in [0.2, 0.25) is 5.79 Å². The van der Waals surface area contributed by atoms with E-state index >= 15 is 0 Å².